The molecule has 1 atom stereocenters. The summed E-state index contributed by atoms with van der Waals surface area (Å²) in [6.45, 7) is 0. The van der Waals surface area contributed by atoms with Crippen LogP contribution in [-0.4, -0.2) is 24.0 Å². The Labute approximate surface area is 184 Å². The average molecular weight is 431 g/mol. The van der Waals surface area contributed by atoms with Crippen LogP contribution in [0.5, 0.6) is 0 Å². The number of benzene rings is 3. The van der Waals surface area contributed by atoms with Crippen molar-refractivity contribution in [2.24, 2.45) is 0 Å². The smallest absolute Gasteiger partial charge is 0.333 e. The lowest BCUT2D eigenvalue weighted by Gasteiger charge is -2.18. The van der Waals surface area contributed by atoms with E-state index < -0.39 is 17.9 Å². The van der Waals surface area contributed by atoms with Gasteiger partial charge in [-0.15, -0.1) is 0 Å². The highest BCUT2D eigenvalue weighted by Gasteiger charge is 2.25. The summed E-state index contributed by atoms with van der Waals surface area (Å²) in [6.07, 6.45) is 0. The van der Waals surface area contributed by atoms with Crippen molar-refractivity contribution < 1.29 is 14.3 Å². The summed E-state index contributed by atoms with van der Waals surface area (Å²) >= 11 is 6.19. The highest BCUT2D eigenvalue weighted by molar-refractivity contribution is 6.31. The lowest BCUT2D eigenvalue weighted by Crippen LogP contribution is -2.34. The van der Waals surface area contributed by atoms with Gasteiger partial charge < -0.3 is 10.1 Å². The number of carbonyl (C=O) groups is 2. The Hall–Kier alpha value is -3.70. The molecule has 0 fully saturated rings. The van der Waals surface area contributed by atoms with Crippen molar-refractivity contribution in [3.63, 3.8) is 0 Å². The second kappa shape index (κ2) is 8.98. The molecule has 1 heterocycles. The zero-order chi connectivity index (χ0) is 21.8. The minimum absolute atomic E-state index is 0.371. The predicted octanol–water partition coefficient (Wildman–Crippen LogP) is 5.20. The van der Waals surface area contributed by atoms with Crippen LogP contribution in [0.3, 0.4) is 0 Å². The summed E-state index contributed by atoms with van der Waals surface area (Å²) < 4.78 is 4.92. The van der Waals surface area contributed by atoms with E-state index in [1.807, 2.05) is 36.4 Å². The van der Waals surface area contributed by atoms with Crippen LogP contribution in [0.2, 0.25) is 5.02 Å². The molecule has 3 aromatic carbocycles. The number of hydrogen-bond acceptors (Lipinski definition) is 4. The first-order valence-electron chi connectivity index (χ1n) is 9.66. The second-order valence-corrected chi connectivity index (χ2v) is 7.36. The van der Waals surface area contributed by atoms with Crippen LogP contribution in [0.15, 0.2) is 84.9 Å². The molecule has 0 unspecified atom stereocenters. The van der Waals surface area contributed by atoms with Gasteiger partial charge in [0.2, 0.25) is 0 Å². The molecule has 6 heteroatoms. The number of aromatic nitrogens is 1. The van der Waals surface area contributed by atoms with E-state index in [-0.39, 0.29) is 0 Å². The van der Waals surface area contributed by atoms with Crippen LogP contribution in [-0.2, 0) is 9.53 Å². The number of ether oxygens (including phenoxy) is 1. The van der Waals surface area contributed by atoms with Gasteiger partial charge in [-0.3, -0.25) is 4.79 Å². The number of hydrogen-bond donors (Lipinski definition) is 1. The number of carbonyl (C=O) groups excluding carboxylic acids is 2. The summed E-state index contributed by atoms with van der Waals surface area (Å²) in [5, 5.41) is 3.89. The van der Waals surface area contributed by atoms with Crippen LogP contribution < -0.4 is 5.32 Å². The minimum atomic E-state index is -0.943. The van der Waals surface area contributed by atoms with E-state index in [0.29, 0.717) is 32.7 Å². The second-order valence-electron chi connectivity index (χ2n) is 6.92. The van der Waals surface area contributed by atoms with Crippen molar-refractivity contribution in [2.45, 2.75) is 6.04 Å². The molecule has 0 aliphatic heterocycles. The topological polar surface area (TPSA) is 68.3 Å². The van der Waals surface area contributed by atoms with Gasteiger partial charge in [0, 0.05) is 16.0 Å². The van der Waals surface area contributed by atoms with E-state index in [1.54, 1.807) is 48.5 Å². The Morgan fingerprint density at radius 2 is 1.61 bits per heavy atom. The SMILES string of the molecule is COC(=O)[C@H](NC(=O)c1cc(-c2ccccc2)nc2ccc(Cl)cc12)c1ccccc1. The van der Waals surface area contributed by atoms with Crippen LogP contribution in [0.1, 0.15) is 22.0 Å². The molecule has 4 aromatic rings. The third-order valence-electron chi connectivity index (χ3n) is 4.93. The van der Waals surface area contributed by atoms with Gasteiger partial charge in [-0.25, -0.2) is 9.78 Å². The zero-order valence-electron chi connectivity index (χ0n) is 16.7. The molecule has 0 spiro atoms. The number of halogens is 1. The lowest BCUT2D eigenvalue weighted by atomic mass is 10.0. The standard InChI is InChI=1S/C25H19ClN2O3/c1-31-25(30)23(17-10-6-3-7-11-17)28-24(29)20-15-22(16-8-4-2-5-9-16)27-21-13-12-18(26)14-19(20)21/h2-15,23H,1H3,(H,28,29)/t23-/m1/s1. The Kier molecular flexibility index (Phi) is 5.96. The summed E-state index contributed by atoms with van der Waals surface area (Å²) in [5.41, 5.74) is 3.15. The molecular weight excluding hydrogens is 412 g/mol. The molecule has 1 amide bonds. The summed E-state index contributed by atoms with van der Waals surface area (Å²) in [4.78, 5) is 30.5. The van der Waals surface area contributed by atoms with Crippen LogP contribution >= 0.6 is 11.6 Å². The van der Waals surface area contributed by atoms with Gasteiger partial charge in [-0.1, -0.05) is 72.3 Å². The monoisotopic (exact) mass is 430 g/mol. The number of nitrogens with one attached hydrogen (secondary N) is 1. The van der Waals surface area contributed by atoms with Crippen molar-refractivity contribution in [3.05, 3.63) is 101 Å². The van der Waals surface area contributed by atoms with Gasteiger partial charge in [0.15, 0.2) is 6.04 Å². The molecule has 0 saturated carbocycles. The van der Waals surface area contributed by atoms with Gasteiger partial charge in [-0.05, 0) is 29.8 Å². The lowest BCUT2D eigenvalue weighted by molar-refractivity contribution is -0.143. The fourth-order valence-corrected chi connectivity index (χ4v) is 3.57. The van der Waals surface area contributed by atoms with Crippen molar-refractivity contribution in [2.75, 3.05) is 7.11 Å². The van der Waals surface area contributed by atoms with Crippen molar-refractivity contribution >= 4 is 34.4 Å². The average Bonchev–Trinajstić information content (AvgIpc) is 2.82. The van der Waals surface area contributed by atoms with E-state index in [4.69, 9.17) is 16.3 Å². The number of nitrogens with zero attached hydrogens (tertiary/aromatic N) is 1. The molecule has 5 nitrogen and oxygen atoms in total. The number of esters is 1. The summed E-state index contributed by atoms with van der Waals surface area (Å²) in [6, 6.07) is 24.5. The Bertz CT molecular complexity index is 1240. The highest BCUT2D eigenvalue weighted by atomic mass is 35.5. The molecule has 31 heavy (non-hydrogen) atoms. The van der Waals surface area contributed by atoms with E-state index in [1.165, 1.54) is 7.11 Å². The maximum Gasteiger partial charge on any atom is 0.333 e. The fraction of sp³-hybridized carbons (Fsp3) is 0.0800. The van der Waals surface area contributed by atoms with Crippen molar-refractivity contribution in [3.8, 4) is 11.3 Å². The largest absolute Gasteiger partial charge is 0.467 e. The molecule has 4 rings (SSSR count). The fourth-order valence-electron chi connectivity index (χ4n) is 3.39. The number of pyridine rings is 1. The van der Waals surface area contributed by atoms with E-state index in [0.717, 1.165) is 5.56 Å². The van der Waals surface area contributed by atoms with Crippen molar-refractivity contribution in [1.29, 1.82) is 0 Å². The maximum absolute atomic E-state index is 13.4. The molecule has 1 N–H and O–H groups in total. The number of fused-ring (bicyclic) bond motifs is 1. The number of rotatable bonds is 5. The van der Waals surface area contributed by atoms with E-state index >= 15 is 0 Å². The molecule has 0 bridgehead atoms. The van der Waals surface area contributed by atoms with Crippen LogP contribution in [0.25, 0.3) is 22.2 Å². The highest BCUT2D eigenvalue weighted by Crippen LogP contribution is 2.28. The molecule has 0 aliphatic carbocycles. The first kappa shape index (κ1) is 20.6. The van der Waals surface area contributed by atoms with Crippen LogP contribution in [0, 0.1) is 0 Å². The van der Waals surface area contributed by atoms with Gasteiger partial charge >= 0.3 is 5.97 Å². The maximum atomic E-state index is 13.4. The Morgan fingerprint density at radius 3 is 2.29 bits per heavy atom. The quantitative estimate of drug-likeness (QED) is 0.442. The normalized spacial score (nSPS) is 11.7. The van der Waals surface area contributed by atoms with Gasteiger partial charge in [0.25, 0.3) is 5.91 Å². The molecule has 1 aromatic heterocycles. The van der Waals surface area contributed by atoms with Crippen molar-refractivity contribution in [1.82, 2.24) is 10.3 Å². The first-order chi connectivity index (χ1) is 15.1. The van der Waals surface area contributed by atoms with Crippen LogP contribution in [0.4, 0.5) is 0 Å². The first-order valence-corrected chi connectivity index (χ1v) is 10.0. The third kappa shape index (κ3) is 4.42. The molecular formula is C25H19ClN2O3. The van der Waals surface area contributed by atoms with Gasteiger partial charge in [-0.2, -0.15) is 0 Å². The third-order valence-corrected chi connectivity index (χ3v) is 5.17. The van der Waals surface area contributed by atoms with Gasteiger partial charge in [0.1, 0.15) is 0 Å². The Morgan fingerprint density at radius 1 is 0.935 bits per heavy atom. The Balaban J connectivity index is 1.80. The zero-order valence-corrected chi connectivity index (χ0v) is 17.5. The van der Waals surface area contributed by atoms with E-state index in [9.17, 15) is 9.59 Å². The minimum Gasteiger partial charge on any atom is -0.467 e. The molecule has 0 radical (unpaired) electrons. The van der Waals surface area contributed by atoms with Gasteiger partial charge in [0.05, 0.1) is 23.9 Å². The summed E-state index contributed by atoms with van der Waals surface area (Å²) in [5.74, 6) is -0.981. The summed E-state index contributed by atoms with van der Waals surface area (Å²) in [7, 11) is 1.29. The van der Waals surface area contributed by atoms with E-state index in [2.05, 4.69) is 10.3 Å². The molecule has 0 saturated heterocycles. The molecule has 154 valence electrons. The predicted molar refractivity (Wildman–Crippen MR) is 121 cm³/mol. The number of methoxy groups -OCH3 is 1. The molecule has 0 aliphatic rings. The number of amides is 1.